The van der Waals surface area contributed by atoms with Gasteiger partial charge in [-0.25, -0.2) is 9.18 Å². The van der Waals surface area contributed by atoms with Crippen LogP contribution in [-0.4, -0.2) is 98.6 Å². The highest BCUT2D eigenvalue weighted by Crippen LogP contribution is 2.47. The number of piperazine rings is 1. The fraction of sp³-hybridized carbons (Fsp3) is 0.714. The Morgan fingerprint density at radius 2 is 2.00 bits per heavy atom. The molecule has 4 saturated heterocycles. The zero-order valence-corrected chi connectivity index (χ0v) is 25.2. The van der Waals surface area contributed by atoms with Crippen LogP contribution >= 0.6 is 23.2 Å². The van der Waals surface area contributed by atoms with Crippen LogP contribution < -0.4 is 14.4 Å². The second-order valence-electron chi connectivity index (χ2n) is 13.1. The van der Waals surface area contributed by atoms with Crippen LogP contribution in [-0.2, 0) is 4.74 Å². The molecule has 0 radical (unpaired) electrons. The highest BCUT2D eigenvalue weighted by atomic mass is 35.5. The minimum absolute atomic E-state index is 0.0594. The Morgan fingerprint density at radius 3 is 2.78 bits per heavy atom. The number of hydrogen-bond acceptors (Lipinski definition) is 9. The fourth-order valence-corrected chi connectivity index (χ4v) is 8.05. The molecule has 4 fully saturated rings. The lowest BCUT2D eigenvalue weighted by atomic mass is 9.95. The van der Waals surface area contributed by atoms with Gasteiger partial charge in [-0.2, -0.15) is 15.0 Å². The molecule has 0 saturated carbocycles. The van der Waals surface area contributed by atoms with Gasteiger partial charge < -0.3 is 19.1 Å². The quantitative estimate of drug-likeness (QED) is 0.445. The fourth-order valence-electron chi connectivity index (χ4n) is 7.70. The van der Waals surface area contributed by atoms with Crippen molar-refractivity contribution in [1.29, 1.82) is 0 Å². The number of amides is 1. The molecule has 0 unspecified atom stereocenters. The first kappa shape index (κ1) is 27.5. The average molecular weight is 610 g/mol. The number of halogens is 3. The van der Waals surface area contributed by atoms with Crippen molar-refractivity contribution >= 4 is 46.0 Å². The molecule has 6 atom stereocenters. The van der Waals surface area contributed by atoms with E-state index in [-0.39, 0.29) is 58.7 Å². The molecular weight excluding hydrogens is 574 g/mol. The molecule has 41 heavy (non-hydrogen) atoms. The standard InChI is InChI=1S/C28H35Cl2FN6O4/c1-14-21-17-7-6-16(37(17)26(38)41-27(2,3)4)12-36(21)23-18-20(19(29)22(30)33-24(18)40-14)32-25(34-23)39-13-28-8-5-9-35(28)11-15(31)10-28/h14-17,21H,5-13H2,1-4H3/t14-,15+,16+,17-,21+,28-/m0/s1. The van der Waals surface area contributed by atoms with Crippen LogP contribution in [0.4, 0.5) is 15.0 Å². The van der Waals surface area contributed by atoms with Crippen molar-refractivity contribution < 1.29 is 23.4 Å². The van der Waals surface area contributed by atoms with E-state index in [4.69, 9.17) is 42.4 Å². The van der Waals surface area contributed by atoms with Crippen molar-refractivity contribution in [3.05, 3.63) is 10.2 Å². The van der Waals surface area contributed by atoms with E-state index in [1.54, 1.807) is 0 Å². The van der Waals surface area contributed by atoms with E-state index in [1.807, 2.05) is 32.6 Å². The Hall–Kier alpha value is -2.37. The third-order valence-corrected chi connectivity index (χ3v) is 9.99. The Labute approximate surface area is 248 Å². The maximum absolute atomic E-state index is 14.4. The molecule has 0 N–H and O–H groups in total. The monoisotopic (exact) mass is 608 g/mol. The molecule has 7 rings (SSSR count). The van der Waals surface area contributed by atoms with E-state index in [0.717, 1.165) is 32.2 Å². The van der Waals surface area contributed by atoms with Gasteiger partial charge in [0, 0.05) is 19.5 Å². The Bertz CT molecular complexity index is 1410. The minimum atomic E-state index is -0.862. The number of fused-ring (bicyclic) bond motifs is 6. The summed E-state index contributed by atoms with van der Waals surface area (Å²) in [5, 5.41) is 0.830. The molecule has 0 spiro atoms. The van der Waals surface area contributed by atoms with E-state index in [0.29, 0.717) is 42.1 Å². The molecule has 13 heteroatoms. The summed E-state index contributed by atoms with van der Waals surface area (Å²) in [5.41, 5.74) is -0.560. The van der Waals surface area contributed by atoms with Crippen LogP contribution in [0.15, 0.2) is 0 Å². The predicted molar refractivity (Wildman–Crippen MR) is 152 cm³/mol. The average Bonchev–Trinajstić information content (AvgIpc) is 3.49. The van der Waals surface area contributed by atoms with Gasteiger partial charge in [-0.15, -0.1) is 0 Å². The SMILES string of the molecule is C[C@@H]1Oc2nc(Cl)c(Cl)c3nc(OC[C@@]45CCCN4C[C@H](F)C5)nc(c23)N2C[C@H]3CC[C@@H]([C@@H]12)N3C(=O)OC(C)(C)C. The van der Waals surface area contributed by atoms with E-state index in [1.165, 1.54) is 0 Å². The van der Waals surface area contributed by atoms with Crippen LogP contribution in [0.25, 0.3) is 10.9 Å². The lowest BCUT2D eigenvalue weighted by Crippen LogP contribution is -2.65. The van der Waals surface area contributed by atoms with Crippen LogP contribution in [0, 0.1) is 0 Å². The summed E-state index contributed by atoms with van der Waals surface area (Å²) in [4.78, 5) is 33.7. The second kappa shape index (κ2) is 9.57. The first-order valence-electron chi connectivity index (χ1n) is 14.5. The van der Waals surface area contributed by atoms with Crippen molar-refractivity contribution in [2.75, 3.05) is 31.1 Å². The summed E-state index contributed by atoms with van der Waals surface area (Å²) < 4.78 is 32.9. The summed E-state index contributed by atoms with van der Waals surface area (Å²) in [5.74, 6) is 0.894. The van der Waals surface area contributed by atoms with Crippen LogP contribution in [0.5, 0.6) is 11.9 Å². The number of rotatable bonds is 3. The van der Waals surface area contributed by atoms with Crippen LogP contribution in [0.1, 0.15) is 59.8 Å². The first-order chi connectivity index (χ1) is 19.4. The highest BCUT2D eigenvalue weighted by molar-refractivity contribution is 6.44. The van der Waals surface area contributed by atoms with Gasteiger partial charge in [0.1, 0.15) is 46.2 Å². The smallest absolute Gasteiger partial charge is 0.410 e. The zero-order valence-electron chi connectivity index (χ0n) is 23.7. The normalized spacial score (nSPS) is 32.5. The topological polar surface area (TPSA) is 93.2 Å². The molecule has 2 aromatic rings. The first-order valence-corrected chi connectivity index (χ1v) is 15.2. The minimum Gasteiger partial charge on any atom is -0.472 e. The van der Waals surface area contributed by atoms with Gasteiger partial charge in [0.25, 0.3) is 0 Å². The van der Waals surface area contributed by atoms with Gasteiger partial charge in [-0.05, 0) is 59.9 Å². The van der Waals surface area contributed by atoms with Gasteiger partial charge in [0.15, 0.2) is 5.15 Å². The molecule has 5 aliphatic heterocycles. The van der Waals surface area contributed by atoms with Crippen molar-refractivity contribution in [3.8, 4) is 11.9 Å². The lowest BCUT2D eigenvalue weighted by molar-refractivity contribution is 0.000940. The Balaban J connectivity index is 1.28. The van der Waals surface area contributed by atoms with Crippen LogP contribution in [0.3, 0.4) is 0 Å². The maximum atomic E-state index is 14.4. The number of ether oxygens (including phenoxy) is 3. The third kappa shape index (κ3) is 4.45. The van der Waals surface area contributed by atoms with E-state index < -0.39 is 11.8 Å². The highest BCUT2D eigenvalue weighted by Gasteiger charge is 2.54. The number of nitrogens with zero attached hydrogens (tertiary/aromatic N) is 6. The van der Waals surface area contributed by atoms with Gasteiger partial charge >= 0.3 is 12.1 Å². The molecule has 0 aliphatic carbocycles. The summed E-state index contributed by atoms with van der Waals surface area (Å²) in [6, 6.07) is -0.290. The zero-order chi connectivity index (χ0) is 28.8. The molecule has 222 valence electrons. The largest absolute Gasteiger partial charge is 0.472 e. The predicted octanol–water partition coefficient (Wildman–Crippen LogP) is 5.02. The van der Waals surface area contributed by atoms with Crippen molar-refractivity contribution in [2.45, 2.75) is 101 Å². The molecule has 5 aliphatic rings. The Morgan fingerprint density at radius 1 is 1.20 bits per heavy atom. The van der Waals surface area contributed by atoms with Gasteiger partial charge in [-0.1, -0.05) is 23.2 Å². The summed E-state index contributed by atoms with van der Waals surface area (Å²) >= 11 is 13.1. The Kier molecular flexibility index (Phi) is 6.41. The van der Waals surface area contributed by atoms with E-state index in [2.05, 4.69) is 19.8 Å². The lowest BCUT2D eigenvalue weighted by Gasteiger charge is -2.48. The summed E-state index contributed by atoms with van der Waals surface area (Å²) in [6.07, 6.45) is 2.44. The molecule has 10 nitrogen and oxygen atoms in total. The molecule has 7 heterocycles. The van der Waals surface area contributed by atoms with Crippen molar-refractivity contribution in [3.63, 3.8) is 0 Å². The van der Waals surface area contributed by atoms with E-state index >= 15 is 0 Å². The molecule has 2 aromatic heterocycles. The van der Waals surface area contributed by atoms with Crippen molar-refractivity contribution in [1.82, 2.24) is 24.8 Å². The number of alkyl halides is 1. The van der Waals surface area contributed by atoms with Gasteiger partial charge in [0.05, 0.1) is 23.7 Å². The summed E-state index contributed by atoms with van der Waals surface area (Å²) in [6.45, 7) is 9.71. The number of anilines is 1. The number of hydrogen-bond donors (Lipinski definition) is 0. The van der Waals surface area contributed by atoms with E-state index in [9.17, 15) is 9.18 Å². The van der Waals surface area contributed by atoms with Crippen LogP contribution in [0.2, 0.25) is 10.2 Å². The van der Waals surface area contributed by atoms with Crippen molar-refractivity contribution in [2.24, 2.45) is 0 Å². The maximum Gasteiger partial charge on any atom is 0.410 e. The summed E-state index contributed by atoms with van der Waals surface area (Å²) in [7, 11) is 0. The molecule has 1 amide bonds. The number of carbonyl (C=O) groups excluding carboxylic acids is 1. The number of pyridine rings is 1. The number of carbonyl (C=O) groups is 1. The second-order valence-corrected chi connectivity index (χ2v) is 13.8. The molecular formula is C28H35Cl2FN6O4. The van der Waals surface area contributed by atoms with Gasteiger partial charge in [0.2, 0.25) is 5.88 Å². The molecule has 2 bridgehead atoms. The molecule has 0 aromatic carbocycles. The number of aromatic nitrogens is 3. The third-order valence-electron chi connectivity index (χ3n) is 9.27. The van der Waals surface area contributed by atoms with Gasteiger partial charge in [-0.3, -0.25) is 9.80 Å².